The summed E-state index contributed by atoms with van der Waals surface area (Å²) in [6, 6.07) is 0. The predicted octanol–water partition coefficient (Wildman–Crippen LogP) is 5.02. The third-order valence-electron chi connectivity index (χ3n) is 3.16. The van der Waals surface area contributed by atoms with Crippen molar-refractivity contribution in [3.05, 3.63) is 0 Å². The number of alkyl halides is 2. The monoisotopic (exact) mass is 264 g/mol. The van der Waals surface area contributed by atoms with Crippen molar-refractivity contribution in [1.29, 1.82) is 0 Å². The second-order valence-corrected chi connectivity index (χ2v) is 4.94. The molecular weight excluding hydrogens is 238 g/mol. The van der Waals surface area contributed by atoms with Gasteiger partial charge < -0.3 is 5.11 Å². The molecule has 0 amide bonds. The van der Waals surface area contributed by atoms with Crippen LogP contribution in [0, 0.1) is 0 Å². The van der Waals surface area contributed by atoms with Crippen LogP contribution in [0.25, 0.3) is 0 Å². The third-order valence-corrected chi connectivity index (χ3v) is 3.16. The lowest BCUT2D eigenvalue weighted by Crippen LogP contribution is -2.27. The summed E-state index contributed by atoms with van der Waals surface area (Å²) < 4.78 is 25.4. The summed E-state index contributed by atoms with van der Waals surface area (Å²) in [5, 5.41) is 8.23. The Labute approximate surface area is 109 Å². The van der Waals surface area contributed by atoms with Crippen molar-refractivity contribution in [3.8, 4) is 0 Å². The minimum Gasteiger partial charge on any atom is -0.477 e. The van der Waals surface area contributed by atoms with Crippen molar-refractivity contribution < 1.29 is 18.7 Å². The third kappa shape index (κ3) is 9.37. The van der Waals surface area contributed by atoms with Crippen molar-refractivity contribution >= 4 is 5.97 Å². The van der Waals surface area contributed by atoms with E-state index in [1.807, 2.05) is 0 Å². The van der Waals surface area contributed by atoms with Gasteiger partial charge in [0.15, 0.2) is 0 Å². The second kappa shape index (κ2) is 10.3. The number of hydrogen-bond donors (Lipinski definition) is 1. The van der Waals surface area contributed by atoms with Crippen LogP contribution < -0.4 is 0 Å². The predicted molar refractivity (Wildman–Crippen MR) is 69.0 cm³/mol. The van der Waals surface area contributed by atoms with E-state index >= 15 is 0 Å². The number of halogens is 2. The highest BCUT2D eigenvalue weighted by Crippen LogP contribution is 2.22. The Bertz CT molecular complexity index is 218. The van der Waals surface area contributed by atoms with Crippen molar-refractivity contribution in [3.63, 3.8) is 0 Å². The highest BCUT2D eigenvalue weighted by atomic mass is 19.3. The molecule has 0 aliphatic heterocycles. The van der Waals surface area contributed by atoms with Crippen LogP contribution in [0.5, 0.6) is 0 Å². The normalized spacial score (nSPS) is 11.7. The fraction of sp³-hybridized carbons (Fsp3) is 0.929. The number of aliphatic carboxylic acids is 1. The number of rotatable bonds is 12. The van der Waals surface area contributed by atoms with Gasteiger partial charge in [0.1, 0.15) is 0 Å². The van der Waals surface area contributed by atoms with E-state index in [1.54, 1.807) is 0 Å². The number of hydrogen-bond acceptors (Lipinski definition) is 1. The second-order valence-electron chi connectivity index (χ2n) is 4.94. The topological polar surface area (TPSA) is 37.3 Å². The van der Waals surface area contributed by atoms with Crippen LogP contribution in [-0.2, 0) is 4.79 Å². The minimum atomic E-state index is -3.54. The van der Waals surface area contributed by atoms with Crippen LogP contribution >= 0.6 is 0 Å². The van der Waals surface area contributed by atoms with Gasteiger partial charge in [-0.25, -0.2) is 4.79 Å². The van der Waals surface area contributed by atoms with Gasteiger partial charge in [0.2, 0.25) is 0 Å². The summed E-state index contributed by atoms with van der Waals surface area (Å²) in [4.78, 5) is 10.2. The van der Waals surface area contributed by atoms with Crippen molar-refractivity contribution in [2.75, 3.05) is 0 Å². The first-order valence-electron chi connectivity index (χ1n) is 7.12. The lowest BCUT2D eigenvalue weighted by atomic mass is 10.0. The highest BCUT2D eigenvalue weighted by Gasteiger charge is 2.37. The average Bonchev–Trinajstić information content (AvgIpc) is 2.31. The summed E-state index contributed by atoms with van der Waals surface area (Å²) in [6.07, 6.45) is 9.98. The molecule has 0 unspecified atom stereocenters. The minimum absolute atomic E-state index is 0.301. The molecule has 18 heavy (non-hydrogen) atoms. The van der Waals surface area contributed by atoms with Crippen molar-refractivity contribution in [2.45, 2.75) is 83.5 Å². The van der Waals surface area contributed by atoms with E-state index in [0.29, 0.717) is 12.8 Å². The molecule has 0 fully saturated rings. The maximum absolute atomic E-state index is 12.7. The largest absolute Gasteiger partial charge is 0.477 e. The number of carboxylic acid groups (broad SMARTS) is 1. The van der Waals surface area contributed by atoms with E-state index in [2.05, 4.69) is 6.92 Å². The Morgan fingerprint density at radius 2 is 1.28 bits per heavy atom. The molecule has 0 aromatic rings. The quantitative estimate of drug-likeness (QED) is 0.503. The average molecular weight is 264 g/mol. The Kier molecular flexibility index (Phi) is 9.89. The van der Waals surface area contributed by atoms with Gasteiger partial charge in [0.25, 0.3) is 0 Å². The molecule has 0 saturated heterocycles. The van der Waals surface area contributed by atoms with Gasteiger partial charge in [0.05, 0.1) is 0 Å². The summed E-state index contributed by atoms with van der Waals surface area (Å²) in [5.41, 5.74) is 0. The highest BCUT2D eigenvalue weighted by molar-refractivity contribution is 5.75. The van der Waals surface area contributed by atoms with Crippen molar-refractivity contribution in [1.82, 2.24) is 0 Å². The Morgan fingerprint density at radius 3 is 1.67 bits per heavy atom. The Balaban J connectivity index is 3.24. The van der Waals surface area contributed by atoms with Crippen LogP contribution in [0.1, 0.15) is 77.6 Å². The lowest BCUT2D eigenvalue weighted by molar-refractivity contribution is -0.165. The fourth-order valence-electron chi connectivity index (χ4n) is 1.94. The first-order chi connectivity index (χ1) is 8.50. The molecule has 1 N–H and O–H groups in total. The Hall–Kier alpha value is -0.670. The standard InChI is InChI=1S/C14H26F2O2/c1-2-3-4-5-6-7-8-9-10-11-12-14(15,16)13(17)18/h2-12H2,1H3,(H,17,18). The molecule has 0 aliphatic carbocycles. The van der Waals surface area contributed by atoms with Crippen molar-refractivity contribution in [2.24, 2.45) is 0 Å². The van der Waals surface area contributed by atoms with Crippen LogP contribution in [0.3, 0.4) is 0 Å². The van der Waals surface area contributed by atoms with E-state index in [4.69, 9.17) is 5.11 Å². The van der Waals surface area contributed by atoms with Crippen LogP contribution in [0.2, 0.25) is 0 Å². The van der Waals surface area contributed by atoms with E-state index < -0.39 is 18.3 Å². The SMILES string of the molecule is CCCCCCCCCCCCC(F)(F)C(=O)O. The summed E-state index contributed by atoms with van der Waals surface area (Å²) in [7, 11) is 0. The number of unbranched alkanes of at least 4 members (excludes halogenated alkanes) is 9. The van der Waals surface area contributed by atoms with Crippen LogP contribution in [-0.4, -0.2) is 17.0 Å². The van der Waals surface area contributed by atoms with E-state index in [1.165, 1.54) is 38.5 Å². The van der Waals surface area contributed by atoms with E-state index in [0.717, 1.165) is 12.8 Å². The Morgan fingerprint density at radius 1 is 0.889 bits per heavy atom. The molecule has 0 atom stereocenters. The molecule has 2 nitrogen and oxygen atoms in total. The maximum Gasteiger partial charge on any atom is 0.374 e. The first kappa shape index (κ1) is 17.3. The maximum atomic E-state index is 12.7. The first-order valence-corrected chi connectivity index (χ1v) is 7.12. The molecule has 4 heteroatoms. The molecule has 0 aromatic heterocycles. The number of carbonyl (C=O) groups is 1. The zero-order chi connectivity index (χ0) is 13.9. The van der Waals surface area contributed by atoms with Gasteiger partial charge in [-0.1, -0.05) is 64.7 Å². The van der Waals surface area contributed by atoms with Gasteiger partial charge in [0, 0.05) is 6.42 Å². The van der Waals surface area contributed by atoms with Crippen LogP contribution in [0.4, 0.5) is 8.78 Å². The smallest absolute Gasteiger partial charge is 0.374 e. The zero-order valence-electron chi connectivity index (χ0n) is 11.4. The van der Waals surface area contributed by atoms with E-state index in [-0.39, 0.29) is 0 Å². The molecule has 0 rings (SSSR count). The molecule has 0 heterocycles. The zero-order valence-corrected chi connectivity index (χ0v) is 11.4. The van der Waals surface area contributed by atoms with Gasteiger partial charge >= 0.3 is 11.9 Å². The molecule has 0 spiro atoms. The molecule has 0 radical (unpaired) electrons. The van der Waals surface area contributed by atoms with Gasteiger partial charge in [-0.2, -0.15) is 8.78 Å². The molecule has 0 aliphatic rings. The van der Waals surface area contributed by atoms with Crippen LogP contribution in [0.15, 0.2) is 0 Å². The molecular formula is C14H26F2O2. The molecule has 108 valence electrons. The summed E-state index contributed by atoms with van der Waals surface area (Å²) >= 11 is 0. The number of carboxylic acids is 1. The van der Waals surface area contributed by atoms with E-state index in [9.17, 15) is 13.6 Å². The van der Waals surface area contributed by atoms with Gasteiger partial charge in [-0.3, -0.25) is 0 Å². The summed E-state index contributed by atoms with van der Waals surface area (Å²) in [5.74, 6) is -5.54. The lowest BCUT2D eigenvalue weighted by Gasteiger charge is -2.10. The molecule has 0 bridgehead atoms. The molecule has 0 aromatic carbocycles. The van der Waals surface area contributed by atoms with Gasteiger partial charge in [-0.05, 0) is 6.42 Å². The molecule has 0 saturated carbocycles. The summed E-state index contributed by atoms with van der Waals surface area (Å²) in [6.45, 7) is 2.19. The van der Waals surface area contributed by atoms with Gasteiger partial charge in [-0.15, -0.1) is 0 Å². The fourth-order valence-corrected chi connectivity index (χ4v) is 1.94.